The zero-order valence-electron chi connectivity index (χ0n) is 17.5. The van der Waals surface area contributed by atoms with Crippen LogP contribution in [0.3, 0.4) is 0 Å². The van der Waals surface area contributed by atoms with Gasteiger partial charge < -0.3 is 10.6 Å². The van der Waals surface area contributed by atoms with Gasteiger partial charge in [0.1, 0.15) is 0 Å². The van der Waals surface area contributed by atoms with Crippen molar-refractivity contribution in [3.05, 3.63) is 65.7 Å². The molecule has 2 N–H and O–H groups in total. The highest BCUT2D eigenvalue weighted by molar-refractivity contribution is 8.00. The third kappa shape index (κ3) is 7.91. The molecule has 2 amide bonds. The van der Waals surface area contributed by atoms with E-state index >= 15 is 0 Å². The maximum Gasteiger partial charge on any atom is 0.234 e. The summed E-state index contributed by atoms with van der Waals surface area (Å²) in [4.78, 5) is 26.6. The maximum atomic E-state index is 12.3. The van der Waals surface area contributed by atoms with Crippen LogP contribution in [-0.4, -0.2) is 47.9 Å². The topological polar surface area (TPSA) is 61.4 Å². The summed E-state index contributed by atoms with van der Waals surface area (Å²) in [5.41, 5.74) is 3.12. The van der Waals surface area contributed by atoms with Crippen LogP contribution in [0.2, 0.25) is 0 Å². The predicted octanol–water partition coefficient (Wildman–Crippen LogP) is 3.87. The Kier molecular flexibility index (Phi) is 9.74. The van der Waals surface area contributed by atoms with Crippen molar-refractivity contribution in [1.82, 2.24) is 10.2 Å². The zero-order valence-corrected chi connectivity index (χ0v) is 18.3. The molecule has 2 rings (SSSR count). The van der Waals surface area contributed by atoms with E-state index in [9.17, 15) is 9.59 Å². The van der Waals surface area contributed by atoms with Crippen LogP contribution in [0.1, 0.15) is 31.0 Å². The number of hydrogen-bond acceptors (Lipinski definition) is 4. The van der Waals surface area contributed by atoms with Crippen LogP contribution in [-0.2, 0) is 9.59 Å². The average molecular weight is 414 g/mol. The third-order valence-electron chi connectivity index (χ3n) is 4.73. The summed E-state index contributed by atoms with van der Waals surface area (Å²) in [5.74, 6) is 0.365. The van der Waals surface area contributed by atoms with E-state index < -0.39 is 0 Å². The van der Waals surface area contributed by atoms with Crippen LogP contribution in [0.5, 0.6) is 0 Å². The van der Waals surface area contributed by atoms with E-state index in [1.807, 2.05) is 49.4 Å². The molecule has 0 radical (unpaired) electrons. The first-order valence-corrected chi connectivity index (χ1v) is 11.2. The van der Waals surface area contributed by atoms with Gasteiger partial charge in [0.15, 0.2) is 0 Å². The molecule has 0 aliphatic rings. The fraction of sp³-hybridized carbons (Fsp3) is 0.391. The van der Waals surface area contributed by atoms with Gasteiger partial charge in [0, 0.05) is 12.2 Å². The highest BCUT2D eigenvalue weighted by Crippen LogP contribution is 2.19. The summed E-state index contributed by atoms with van der Waals surface area (Å²) in [6, 6.07) is 18.0. The summed E-state index contributed by atoms with van der Waals surface area (Å²) in [6.07, 6.45) is 0. The monoisotopic (exact) mass is 413 g/mol. The maximum absolute atomic E-state index is 12.3. The van der Waals surface area contributed by atoms with Gasteiger partial charge in [-0.3, -0.25) is 14.5 Å². The van der Waals surface area contributed by atoms with E-state index in [0.29, 0.717) is 6.54 Å². The van der Waals surface area contributed by atoms with Crippen molar-refractivity contribution in [2.75, 3.05) is 36.5 Å². The quantitative estimate of drug-likeness (QED) is 0.587. The molecular weight excluding hydrogens is 382 g/mol. The fourth-order valence-corrected chi connectivity index (χ4v) is 3.78. The molecule has 0 aromatic heterocycles. The highest BCUT2D eigenvalue weighted by atomic mass is 32.2. The molecular formula is C23H31N3O2S. The lowest BCUT2D eigenvalue weighted by atomic mass is 10.1. The predicted molar refractivity (Wildman–Crippen MR) is 122 cm³/mol. The molecule has 0 saturated heterocycles. The normalized spacial score (nSPS) is 11.9. The number of nitrogens with zero attached hydrogens (tertiary/aromatic N) is 1. The number of carbonyl (C=O) groups is 2. The first-order valence-electron chi connectivity index (χ1n) is 10.0. The molecule has 2 aromatic rings. The van der Waals surface area contributed by atoms with Crippen molar-refractivity contribution in [2.45, 2.75) is 26.8 Å². The van der Waals surface area contributed by atoms with E-state index in [4.69, 9.17) is 0 Å². The van der Waals surface area contributed by atoms with Crippen LogP contribution in [0.25, 0.3) is 0 Å². The lowest BCUT2D eigenvalue weighted by Gasteiger charge is -2.30. The Bertz CT molecular complexity index is 761. The molecule has 0 aliphatic heterocycles. The van der Waals surface area contributed by atoms with Crippen molar-refractivity contribution in [3.63, 3.8) is 0 Å². The second kappa shape index (κ2) is 12.3. The van der Waals surface area contributed by atoms with Gasteiger partial charge in [0.2, 0.25) is 11.8 Å². The highest BCUT2D eigenvalue weighted by Gasteiger charge is 2.18. The van der Waals surface area contributed by atoms with Crippen molar-refractivity contribution < 1.29 is 9.59 Å². The van der Waals surface area contributed by atoms with Crippen LogP contribution in [0.4, 0.5) is 5.69 Å². The molecule has 0 bridgehead atoms. The Labute approximate surface area is 178 Å². The molecule has 29 heavy (non-hydrogen) atoms. The second-order valence-electron chi connectivity index (χ2n) is 6.86. The number of nitrogens with one attached hydrogen (secondary N) is 2. The summed E-state index contributed by atoms with van der Waals surface area (Å²) in [7, 11) is 0. The molecule has 0 heterocycles. The Balaban J connectivity index is 1.77. The molecule has 5 nitrogen and oxygen atoms in total. The number of hydrogen-bond donors (Lipinski definition) is 2. The van der Waals surface area contributed by atoms with Gasteiger partial charge in [0.25, 0.3) is 0 Å². The minimum atomic E-state index is -0.100. The van der Waals surface area contributed by atoms with Gasteiger partial charge in [-0.15, -0.1) is 11.8 Å². The summed E-state index contributed by atoms with van der Waals surface area (Å²) in [5, 5.41) is 5.87. The van der Waals surface area contributed by atoms with Crippen LogP contribution >= 0.6 is 11.8 Å². The Hall–Kier alpha value is -2.31. The smallest absolute Gasteiger partial charge is 0.234 e. The van der Waals surface area contributed by atoms with Crippen molar-refractivity contribution in [2.24, 2.45) is 0 Å². The van der Waals surface area contributed by atoms with Crippen LogP contribution < -0.4 is 10.6 Å². The number of anilines is 1. The number of carbonyl (C=O) groups excluding carboxylic acids is 2. The van der Waals surface area contributed by atoms with Crippen molar-refractivity contribution in [1.29, 1.82) is 0 Å². The molecule has 156 valence electrons. The molecule has 0 spiro atoms. The van der Waals surface area contributed by atoms with Gasteiger partial charge in [0.05, 0.1) is 17.5 Å². The number of amides is 2. The summed E-state index contributed by atoms with van der Waals surface area (Å²) >= 11 is 1.32. The second-order valence-corrected chi connectivity index (χ2v) is 7.84. The summed E-state index contributed by atoms with van der Waals surface area (Å²) < 4.78 is 0. The SMILES string of the molecule is CCN(CC)[C@@H](CNC(=O)CSCC(=O)Nc1ccc(C)cc1)c1ccccc1. The van der Waals surface area contributed by atoms with E-state index in [-0.39, 0.29) is 29.4 Å². The van der Waals surface area contributed by atoms with Crippen molar-refractivity contribution in [3.8, 4) is 0 Å². The number of rotatable bonds is 11. The lowest BCUT2D eigenvalue weighted by Crippen LogP contribution is -2.38. The van der Waals surface area contributed by atoms with Gasteiger partial charge in [-0.25, -0.2) is 0 Å². The van der Waals surface area contributed by atoms with Crippen molar-refractivity contribution >= 4 is 29.3 Å². The molecule has 0 aliphatic carbocycles. The Morgan fingerprint density at radius 3 is 2.17 bits per heavy atom. The van der Waals surface area contributed by atoms with Gasteiger partial charge in [-0.1, -0.05) is 61.9 Å². The van der Waals surface area contributed by atoms with Gasteiger partial charge in [-0.05, 0) is 37.7 Å². The molecule has 0 fully saturated rings. The van der Waals surface area contributed by atoms with Gasteiger partial charge in [-0.2, -0.15) is 0 Å². The van der Waals surface area contributed by atoms with Crippen LogP contribution in [0, 0.1) is 6.92 Å². The van der Waals surface area contributed by atoms with E-state index in [1.165, 1.54) is 17.3 Å². The summed E-state index contributed by atoms with van der Waals surface area (Å²) in [6.45, 7) is 8.65. The standard InChI is InChI=1S/C23H31N3O2S/c1-4-26(5-2)21(19-9-7-6-8-10-19)15-24-22(27)16-29-17-23(28)25-20-13-11-18(3)12-14-20/h6-14,21H,4-5,15-17H2,1-3H3,(H,24,27)(H,25,28)/t21-/m0/s1. The minimum absolute atomic E-state index is 0.0498. The number of aryl methyl sites for hydroxylation is 1. The third-order valence-corrected chi connectivity index (χ3v) is 5.66. The first-order chi connectivity index (χ1) is 14.0. The van der Waals surface area contributed by atoms with Gasteiger partial charge >= 0.3 is 0 Å². The number of likely N-dealkylation sites (N-methyl/N-ethyl adjacent to an activating group) is 1. The zero-order chi connectivity index (χ0) is 21.1. The van der Waals surface area contributed by atoms with E-state index in [2.05, 4.69) is 41.5 Å². The molecule has 0 unspecified atom stereocenters. The molecule has 6 heteroatoms. The van der Waals surface area contributed by atoms with E-state index in [1.54, 1.807) is 0 Å². The van der Waals surface area contributed by atoms with E-state index in [0.717, 1.165) is 24.3 Å². The average Bonchev–Trinajstić information content (AvgIpc) is 2.73. The Morgan fingerprint density at radius 1 is 0.931 bits per heavy atom. The number of benzene rings is 2. The largest absolute Gasteiger partial charge is 0.353 e. The number of thioether (sulfide) groups is 1. The Morgan fingerprint density at radius 2 is 1.55 bits per heavy atom. The lowest BCUT2D eigenvalue weighted by molar-refractivity contribution is -0.118. The minimum Gasteiger partial charge on any atom is -0.353 e. The molecule has 1 atom stereocenters. The first kappa shape index (κ1) is 23.0. The fourth-order valence-electron chi connectivity index (χ4n) is 3.13. The van der Waals surface area contributed by atoms with Crippen LogP contribution in [0.15, 0.2) is 54.6 Å². The molecule has 0 saturated carbocycles. The molecule has 2 aromatic carbocycles.